The first-order valence-corrected chi connectivity index (χ1v) is 45.5. The van der Waals surface area contributed by atoms with Gasteiger partial charge in [0.1, 0.15) is 13.1 Å². The number of piperidine rings is 1. The molecule has 10 heterocycles. The van der Waals surface area contributed by atoms with E-state index in [-0.39, 0.29) is 0 Å². The normalized spacial score (nSPS) is 15.8. The molecule has 3 fully saturated rings. The van der Waals surface area contributed by atoms with Gasteiger partial charge in [0.2, 0.25) is 6.20 Å². The summed E-state index contributed by atoms with van der Waals surface area (Å²) in [6.07, 6.45) is 60.8. The molecular formula is C93H170N25O+7. The molecule has 4 aliphatic heterocycles. The minimum atomic E-state index is 0.633. The van der Waals surface area contributed by atoms with Crippen molar-refractivity contribution in [2.75, 3.05) is 231 Å². The number of anilines is 12. The Hall–Kier alpha value is -8.37. The zero-order valence-electron chi connectivity index (χ0n) is 76.2. The summed E-state index contributed by atoms with van der Waals surface area (Å²) in [7, 11) is 22.8. The van der Waals surface area contributed by atoms with Gasteiger partial charge in [-0.2, -0.15) is 4.58 Å². The van der Waals surface area contributed by atoms with Gasteiger partial charge in [-0.05, 0) is 203 Å². The van der Waals surface area contributed by atoms with Crippen molar-refractivity contribution in [2.45, 2.75) is 231 Å². The summed E-state index contributed by atoms with van der Waals surface area (Å²) in [5.41, 5.74) is 83.4. The molecular weight excluding hydrogens is 1480 g/mol. The number of unbranched alkanes of at least 4 members (excludes halogenated alkanes) is 19. The number of likely N-dealkylation sites (tertiary alicyclic amines) is 2. The Labute approximate surface area is 719 Å². The number of morpholine rings is 1. The number of ether oxygens (including phenoxy) is 1. The quantitative estimate of drug-likeness (QED) is 0.00960. The molecule has 26 nitrogen and oxygen atoms in total. The van der Waals surface area contributed by atoms with Gasteiger partial charge >= 0.3 is 6.34 Å². The molecule has 10 rings (SSSR count). The van der Waals surface area contributed by atoms with Crippen LogP contribution in [-0.2, 0) is 43.3 Å². The lowest BCUT2D eigenvalue weighted by Gasteiger charge is -2.37. The van der Waals surface area contributed by atoms with Crippen LogP contribution in [0.4, 0.5) is 68.2 Å². The van der Waals surface area contributed by atoms with E-state index in [2.05, 4.69) is 124 Å². The average Bonchev–Trinajstić information content (AvgIpc) is 1.88. The summed E-state index contributed by atoms with van der Waals surface area (Å²) in [6, 6.07) is 10.8. The van der Waals surface area contributed by atoms with Crippen molar-refractivity contribution in [1.29, 1.82) is 0 Å². The third kappa shape index (κ3) is 45.2. The Kier molecular flexibility index (Phi) is 46.6. The lowest BCUT2D eigenvalue weighted by molar-refractivity contribution is -0.917. The molecule has 26 heteroatoms. The van der Waals surface area contributed by atoms with Crippen LogP contribution in [0.25, 0.3) is 0 Å². The van der Waals surface area contributed by atoms with Crippen molar-refractivity contribution in [3.8, 4) is 0 Å². The second-order valence-electron chi connectivity index (χ2n) is 37.4. The minimum absolute atomic E-state index is 0.633. The fourth-order valence-corrected chi connectivity index (χ4v) is 15.9. The number of nitrogens with one attached hydrogen (secondary N) is 1. The van der Waals surface area contributed by atoms with Crippen molar-refractivity contribution < 1.29 is 36.6 Å². The summed E-state index contributed by atoms with van der Waals surface area (Å²) in [5.74, 6) is 0. The van der Waals surface area contributed by atoms with E-state index in [1.54, 1.807) is 67.5 Å². The molecule has 6 aromatic heterocycles. The zero-order chi connectivity index (χ0) is 87.0. The molecule has 0 saturated carbocycles. The zero-order valence-corrected chi connectivity index (χ0v) is 76.2. The van der Waals surface area contributed by atoms with E-state index in [9.17, 15) is 0 Å². The highest BCUT2D eigenvalue weighted by atomic mass is 16.5. The lowest BCUT2D eigenvalue weighted by Crippen LogP contribution is -3.02. The van der Waals surface area contributed by atoms with E-state index >= 15 is 0 Å². The number of rotatable bonds is 43. The van der Waals surface area contributed by atoms with Crippen molar-refractivity contribution in [3.05, 3.63) is 120 Å². The number of hydrogen-bond acceptors (Lipinski definition) is 19. The molecule has 0 aliphatic carbocycles. The van der Waals surface area contributed by atoms with Gasteiger partial charge in [0.15, 0.2) is 12.7 Å². The maximum atomic E-state index is 5.93. The highest BCUT2D eigenvalue weighted by molar-refractivity contribution is 5.56. The number of likely N-dealkylation sites (N-methyl/N-ethyl adjacent to an activating group) is 1. The highest BCUT2D eigenvalue weighted by Crippen LogP contribution is 2.25. The second kappa shape index (κ2) is 54.8. The standard InChI is InChI=1S/C17H31N4.C16H29N4O.C16H29N4.C15H24N5.C15H29N4.C14H27N4/c1-21(11-7-4-8-12-21)10-6-3-2-5-9-17-16(19)13-15(18)14-20-17;1-20(8-10-21-11-9-20)7-5-3-2-4-6-16-15(18)12-14(17)13-19-16;1-20(10-6-7-11-20)9-5-3-2-4-8-16-15(18)12-14(17)13-19-16;1-19-8-9-20(12-19)7-5-3-2-4-6-15-14(17)10-13(16)11-18-15;1-19(2,3)10-8-6-4-5-7-9-15-14(17)11-13(16)12-18-15;1-18(2,3)9-7-5-4-6-8-14-13(16)10-12(15)11-17-14/h13-14H,2-12,18-19H2,1H3;12-13H,2-11,17-18H2,1H3;12-13H,2-11,17-18H2,1H3;8-12H,2-7,16-17H2,1H3;11-12H,4-10,16-17H2,1-3H3;10-11H,4-9,15-16H2,1-3H3/q6*+1/p+1. The minimum Gasteiger partial charge on any atom is -0.397 e. The molecule has 3 saturated heterocycles. The van der Waals surface area contributed by atoms with Crippen LogP contribution in [0, 0.1) is 0 Å². The van der Waals surface area contributed by atoms with Crippen LogP contribution < -0.4 is 73.7 Å². The van der Waals surface area contributed by atoms with Gasteiger partial charge in [-0.25, -0.2) is 4.90 Å². The van der Waals surface area contributed by atoms with Crippen molar-refractivity contribution in [2.24, 2.45) is 0 Å². The van der Waals surface area contributed by atoms with Crippen molar-refractivity contribution in [1.82, 2.24) is 29.9 Å². The summed E-state index contributed by atoms with van der Waals surface area (Å²) in [5, 5.41) is 0. The van der Waals surface area contributed by atoms with Crippen LogP contribution >= 0.6 is 0 Å². The Morgan fingerprint density at radius 3 is 0.807 bits per heavy atom. The average molecular weight is 1650 g/mol. The van der Waals surface area contributed by atoms with Gasteiger partial charge in [-0.3, -0.25) is 29.9 Å². The van der Waals surface area contributed by atoms with Gasteiger partial charge in [0.25, 0.3) is 0 Å². The lowest BCUT2D eigenvalue weighted by atomic mass is 10.1. The monoisotopic (exact) mass is 1650 g/mol. The highest BCUT2D eigenvalue weighted by Gasteiger charge is 2.27. The van der Waals surface area contributed by atoms with Crippen LogP contribution in [0.15, 0.2) is 86.0 Å². The summed E-state index contributed by atoms with van der Waals surface area (Å²) in [4.78, 5) is 27.2. The smallest absolute Gasteiger partial charge is 0.335 e. The number of nitrogens with two attached hydrogens (primary N) is 12. The summed E-state index contributed by atoms with van der Waals surface area (Å²) >= 11 is 0. The Balaban J connectivity index is 0.000000254. The Morgan fingerprint density at radius 1 is 0.319 bits per heavy atom. The number of quaternary nitrogens is 6. The molecule has 0 aromatic carbocycles. The Bertz CT molecular complexity index is 3750. The molecule has 0 spiro atoms. The van der Waals surface area contributed by atoms with E-state index in [1.807, 2.05) is 6.07 Å². The van der Waals surface area contributed by atoms with Gasteiger partial charge in [-0.15, -0.1) is 0 Å². The Morgan fingerprint density at radius 2 is 0.555 bits per heavy atom. The predicted octanol–water partition coefficient (Wildman–Crippen LogP) is 12.3. The van der Waals surface area contributed by atoms with Gasteiger partial charge in [0.05, 0.1) is 282 Å². The van der Waals surface area contributed by atoms with E-state index in [4.69, 9.17) is 73.5 Å². The number of aryl methyl sites for hydroxylation is 6. The van der Waals surface area contributed by atoms with Gasteiger partial charge < -0.3 is 96.0 Å². The maximum absolute atomic E-state index is 5.93. The maximum Gasteiger partial charge on any atom is 0.335 e. The molecule has 1 atom stereocenters. The van der Waals surface area contributed by atoms with Gasteiger partial charge in [0, 0.05) is 19.3 Å². The summed E-state index contributed by atoms with van der Waals surface area (Å²) in [6.45, 7) is 17.2. The number of aromatic nitrogens is 6. The first-order chi connectivity index (χ1) is 56.7. The molecule has 0 radical (unpaired) electrons. The number of nitrogen functional groups attached to an aromatic ring is 12. The third-order valence-corrected chi connectivity index (χ3v) is 23.5. The van der Waals surface area contributed by atoms with Crippen LogP contribution in [0.5, 0.6) is 0 Å². The molecule has 0 bridgehead atoms. The fourth-order valence-electron chi connectivity index (χ4n) is 15.9. The fraction of sp³-hybridized carbons (Fsp3) is 0.645. The molecule has 25 N–H and O–H groups in total. The first-order valence-electron chi connectivity index (χ1n) is 45.5. The van der Waals surface area contributed by atoms with E-state index < -0.39 is 0 Å². The first kappa shape index (κ1) is 101. The van der Waals surface area contributed by atoms with Crippen molar-refractivity contribution >= 4 is 74.6 Å². The molecule has 666 valence electrons. The van der Waals surface area contributed by atoms with Crippen LogP contribution in [0.3, 0.4) is 0 Å². The van der Waals surface area contributed by atoms with E-state index in [0.29, 0.717) is 39.8 Å². The van der Waals surface area contributed by atoms with Crippen LogP contribution in [0.2, 0.25) is 0 Å². The molecule has 1 unspecified atom stereocenters. The summed E-state index contributed by atoms with van der Waals surface area (Å²) < 4.78 is 13.6. The number of hydrogen-bond donors (Lipinski definition) is 13. The largest absolute Gasteiger partial charge is 0.397 e. The van der Waals surface area contributed by atoms with Crippen LogP contribution in [0.1, 0.15) is 227 Å². The van der Waals surface area contributed by atoms with Crippen molar-refractivity contribution in [3.63, 3.8) is 0 Å². The van der Waals surface area contributed by atoms with Gasteiger partial charge in [-0.1, -0.05) is 44.9 Å². The second-order valence-corrected chi connectivity index (χ2v) is 37.4. The topological polar surface area (TPSA) is 406 Å². The van der Waals surface area contributed by atoms with E-state index in [0.717, 1.165) is 169 Å². The third-order valence-electron chi connectivity index (χ3n) is 23.5. The molecule has 6 aromatic rings. The molecule has 0 amide bonds. The van der Waals surface area contributed by atoms with E-state index in [1.165, 1.54) is 244 Å². The predicted molar refractivity (Wildman–Crippen MR) is 505 cm³/mol. The van der Waals surface area contributed by atoms with Crippen LogP contribution in [-0.4, -0.2) is 225 Å². The molecule has 119 heavy (non-hydrogen) atoms. The molecule has 4 aliphatic rings. The SMILES string of the molecule is C[N+](C)(C)CCCCCCCc1ncc(N)cc1N.C[N+](C)(C)CCCCCCc1ncc(N)cc1N.C[N+]1(CCCCCCc2ncc(N)cc2N)CCCC1.C[N+]1(CCCCCCc2ncc(N)cc2N)CCCCC1.C[N+]1(CCCCCCc2ncc(N)cc2N)CCOCC1.C[NH+]1C=C[N+](CCCCCCc2ncc(N)cc2N)=C1. The number of pyridine rings is 6. The number of nitrogens with zero attached hydrogens (tertiary/aromatic N) is 12.